The molecule has 162 valence electrons. The molecule has 2 aromatic carbocycles. The van der Waals surface area contributed by atoms with Gasteiger partial charge in [0.1, 0.15) is 5.75 Å². The number of fused-ring (bicyclic) bond motifs is 3. The Hall–Kier alpha value is -3.75. The highest BCUT2D eigenvalue weighted by Crippen LogP contribution is 2.45. The minimum atomic E-state index is -1.16. The number of hydrogen-bond donors (Lipinski definition) is 1. The van der Waals surface area contributed by atoms with Gasteiger partial charge in [-0.2, -0.15) is 0 Å². The van der Waals surface area contributed by atoms with E-state index in [2.05, 4.69) is 10.3 Å². The number of ether oxygens (including phenoxy) is 4. The highest BCUT2D eigenvalue weighted by Gasteiger charge is 2.45. The van der Waals surface area contributed by atoms with E-state index < -0.39 is 23.8 Å². The smallest absolute Gasteiger partial charge is 0.321 e. The Balaban J connectivity index is 2.02. The molecule has 2 heterocycles. The standard InChI is InChI=1S/C22H23N3O6/c1-5-31-21(27)18-19(12-10-16(29-3)17(30-4)11-15(12)28-2)25-14-9-7-6-8-13(14)23-22(25)24-20(18)26/h6-11,18-19H,5H2,1-4H3,(H,23,24,26). The zero-order chi connectivity index (χ0) is 22.1. The lowest BCUT2D eigenvalue weighted by Crippen LogP contribution is -2.43. The molecule has 2 unspecified atom stereocenters. The molecule has 0 fully saturated rings. The quantitative estimate of drug-likeness (QED) is 0.479. The van der Waals surface area contributed by atoms with Crippen molar-refractivity contribution in [3.05, 3.63) is 42.0 Å². The Morgan fingerprint density at radius 3 is 2.42 bits per heavy atom. The van der Waals surface area contributed by atoms with E-state index >= 15 is 0 Å². The fourth-order valence-corrected chi connectivity index (χ4v) is 3.97. The predicted molar refractivity (Wildman–Crippen MR) is 113 cm³/mol. The number of imidazole rings is 1. The number of carbonyl (C=O) groups excluding carboxylic acids is 2. The summed E-state index contributed by atoms with van der Waals surface area (Å²) in [5.41, 5.74) is 2.01. The zero-order valence-corrected chi connectivity index (χ0v) is 17.7. The third-order valence-electron chi connectivity index (χ3n) is 5.30. The summed E-state index contributed by atoms with van der Waals surface area (Å²) in [6.07, 6.45) is 0. The molecule has 0 saturated carbocycles. The monoisotopic (exact) mass is 425 g/mol. The van der Waals surface area contributed by atoms with E-state index in [9.17, 15) is 9.59 Å². The average Bonchev–Trinajstić information content (AvgIpc) is 3.15. The molecule has 1 aliphatic heterocycles. The Morgan fingerprint density at radius 2 is 1.74 bits per heavy atom. The van der Waals surface area contributed by atoms with Crippen LogP contribution in [0.4, 0.5) is 5.95 Å². The van der Waals surface area contributed by atoms with Crippen molar-refractivity contribution in [2.24, 2.45) is 5.92 Å². The molecule has 0 radical (unpaired) electrons. The summed E-state index contributed by atoms with van der Waals surface area (Å²) in [5.74, 6) is -0.598. The van der Waals surface area contributed by atoms with Crippen LogP contribution in [0.3, 0.4) is 0 Å². The van der Waals surface area contributed by atoms with Gasteiger partial charge in [-0.15, -0.1) is 0 Å². The van der Waals surface area contributed by atoms with Crippen LogP contribution >= 0.6 is 0 Å². The van der Waals surface area contributed by atoms with Crippen LogP contribution in [-0.4, -0.2) is 49.4 Å². The number of esters is 1. The van der Waals surface area contributed by atoms with Crippen molar-refractivity contribution < 1.29 is 28.5 Å². The normalized spacial score (nSPS) is 17.6. The molecule has 0 spiro atoms. The lowest BCUT2D eigenvalue weighted by atomic mass is 9.89. The number of nitrogens with zero attached hydrogens (tertiary/aromatic N) is 2. The van der Waals surface area contributed by atoms with Crippen LogP contribution in [0, 0.1) is 5.92 Å². The van der Waals surface area contributed by atoms with Crippen molar-refractivity contribution in [3.8, 4) is 17.2 Å². The Bertz CT molecular complexity index is 1160. The number of anilines is 1. The maximum atomic E-state index is 13.0. The van der Waals surface area contributed by atoms with Crippen LogP contribution in [0.2, 0.25) is 0 Å². The van der Waals surface area contributed by atoms with Gasteiger partial charge < -0.3 is 23.5 Å². The predicted octanol–water partition coefficient (Wildman–Crippen LogP) is 2.78. The zero-order valence-electron chi connectivity index (χ0n) is 17.7. The summed E-state index contributed by atoms with van der Waals surface area (Å²) in [6, 6.07) is 10.1. The molecular formula is C22H23N3O6. The number of hydrogen-bond acceptors (Lipinski definition) is 7. The van der Waals surface area contributed by atoms with E-state index in [1.807, 2.05) is 28.8 Å². The lowest BCUT2D eigenvalue weighted by Gasteiger charge is -2.33. The van der Waals surface area contributed by atoms with Crippen LogP contribution in [0.1, 0.15) is 18.5 Å². The minimum Gasteiger partial charge on any atom is -0.496 e. The number of rotatable bonds is 6. The van der Waals surface area contributed by atoms with Gasteiger partial charge in [-0.25, -0.2) is 4.98 Å². The Morgan fingerprint density at radius 1 is 1.06 bits per heavy atom. The van der Waals surface area contributed by atoms with Gasteiger partial charge in [0, 0.05) is 11.6 Å². The van der Waals surface area contributed by atoms with E-state index in [0.29, 0.717) is 34.3 Å². The molecule has 1 N–H and O–H groups in total. The topological polar surface area (TPSA) is 101 Å². The molecule has 31 heavy (non-hydrogen) atoms. The van der Waals surface area contributed by atoms with Crippen LogP contribution in [0.25, 0.3) is 11.0 Å². The first-order valence-corrected chi connectivity index (χ1v) is 9.78. The second-order valence-electron chi connectivity index (χ2n) is 6.91. The fourth-order valence-electron chi connectivity index (χ4n) is 3.97. The fraction of sp³-hybridized carbons (Fsp3) is 0.318. The minimum absolute atomic E-state index is 0.149. The second-order valence-corrected chi connectivity index (χ2v) is 6.91. The third-order valence-corrected chi connectivity index (χ3v) is 5.30. The van der Waals surface area contributed by atoms with Crippen molar-refractivity contribution >= 4 is 28.9 Å². The summed E-state index contributed by atoms with van der Waals surface area (Å²) < 4.78 is 23.5. The van der Waals surface area contributed by atoms with Gasteiger partial charge in [-0.05, 0) is 25.1 Å². The number of carbonyl (C=O) groups is 2. The lowest BCUT2D eigenvalue weighted by molar-refractivity contribution is -0.152. The van der Waals surface area contributed by atoms with Gasteiger partial charge in [0.05, 0.1) is 45.0 Å². The van der Waals surface area contributed by atoms with Gasteiger partial charge in [0.15, 0.2) is 17.4 Å². The van der Waals surface area contributed by atoms with Crippen LogP contribution in [0.15, 0.2) is 36.4 Å². The van der Waals surface area contributed by atoms with E-state index in [1.54, 1.807) is 19.1 Å². The van der Waals surface area contributed by atoms with Gasteiger partial charge in [0.25, 0.3) is 0 Å². The molecule has 0 saturated heterocycles. The molecule has 9 nitrogen and oxygen atoms in total. The van der Waals surface area contributed by atoms with Crippen molar-refractivity contribution in [2.75, 3.05) is 33.3 Å². The van der Waals surface area contributed by atoms with Gasteiger partial charge in [-0.1, -0.05) is 12.1 Å². The van der Waals surface area contributed by atoms with E-state index in [4.69, 9.17) is 18.9 Å². The maximum absolute atomic E-state index is 13.0. The number of amides is 1. The number of nitrogens with one attached hydrogen (secondary N) is 1. The van der Waals surface area contributed by atoms with Gasteiger partial charge in [-0.3, -0.25) is 14.9 Å². The Kier molecular flexibility index (Phi) is 5.41. The van der Waals surface area contributed by atoms with Crippen molar-refractivity contribution in [1.29, 1.82) is 0 Å². The van der Waals surface area contributed by atoms with Crippen molar-refractivity contribution in [3.63, 3.8) is 0 Å². The van der Waals surface area contributed by atoms with Crippen molar-refractivity contribution in [2.45, 2.75) is 13.0 Å². The number of methoxy groups -OCH3 is 3. The molecule has 0 bridgehead atoms. The second kappa shape index (κ2) is 8.17. The molecule has 1 aliphatic rings. The summed E-state index contributed by atoms with van der Waals surface area (Å²) >= 11 is 0. The molecule has 2 atom stereocenters. The summed E-state index contributed by atoms with van der Waals surface area (Å²) in [5, 5.41) is 2.74. The van der Waals surface area contributed by atoms with Crippen LogP contribution < -0.4 is 19.5 Å². The molecule has 1 aromatic heterocycles. The SMILES string of the molecule is CCOC(=O)C1C(=O)Nc2nc3ccccc3n2C1c1cc(OC)c(OC)cc1OC. The van der Waals surface area contributed by atoms with Crippen LogP contribution in [-0.2, 0) is 14.3 Å². The molecule has 1 amide bonds. The average molecular weight is 425 g/mol. The first-order valence-electron chi connectivity index (χ1n) is 9.78. The van der Waals surface area contributed by atoms with E-state index in [-0.39, 0.29) is 6.61 Å². The maximum Gasteiger partial charge on any atom is 0.321 e. The summed E-state index contributed by atoms with van der Waals surface area (Å²) in [6.45, 7) is 1.85. The van der Waals surface area contributed by atoms with E-state index in [1.165, 1.54) is 21.3 Å². The molecule has 4 rings (SSSR count). The van der Waals surface area contributed by atoms with Gasteiger partial charge in [0.2, 0.25) is 11.9 Å². The highest BCUT2D eigenvalue weighted by atomic mass is 16.5. The largest absolute Gasteiger partial charge is 0.496 e. The summed E-state index contributed by atoms with van der Waals surface area (Å²) in [4.78, 5) is 30.5. The molecular weight excluding hydrogens is 402 g/mol. The first kappa shape index (κ1) is 20.5. The van der Waals surface area contributed by atoms with Gasteiger partial charge >= 0.3 is 5.97 Å². The molecule has 9 heteroatoms. The van der Waals surface area contributed by atoms with Crippen LogP contribution in [0.5, 0.6) is 17.2 Å². The third kappa shape index (κ3) is 3.31. The first-order chi connectivity index (χ1) is 15.0. The Labute approximate surface area is 178 Å². The number of aromatic nitrogens is 2. The van der Waals surface area contributed by atoms with Crippen molar-refractivity contribution in [1.82, 2.24) is 9.55 Å². The summed E-state index contributed by atoms with van der Waals surface area (Å²) in [7, 11) is 4.55. The molecule has 3 aromatic rings. The number of benzene rings is 2. The highest BCUT2D eigenvalue weighted by molar-refractivity contribution is 6.07. The van der Waals surface area contributed by atoms with E-state index in [0.717, 1.165) is 5.52 Å². The molecule has 0 aliphatic carbocycles. The number of para-hydroxylation sites is 2.